The third-order valence-corrected chi connectivity index (χ3v) is 2.29. The Morgan fingerprint density at radius 3 is 2.50 bits per heavy atom. The highest BCUT2D eigenvalue weighted by atomic mass is 16.5. The van der Waals surface area contributed by atoms with Crippen LogP contribution in [-0.2, 0) is 9.53 Å². The van der Waals surface area contributed by atoms with Crippen LogP contribution in [0.5, 0.6) is 0 Å². The Balaban J connectivity index is 3.21. The van der Waals surface area contributed by atoms with Crippen LogP contribution < -0.4 is 10.8 Å². The molecule has 0 bridgehead atoms. The molecule has 84 valence electrons. The van der Waals surface area contributed by atoms with Gasteiger partial charge in [-0.2, -0.15) is 0 Å². The number of nitrogens with one attached hydrogen (secondary N) is 1. The summed E-state index contributed by atoms with van der Waals surface area (Å²) in [5.41, 5.74) is 2.86. The predicted molar refractivity (Wildman–Crippen MR) is 65.0 cm³/mol. The van der Waals surface area contributed by atoms with Crippen LogP contribution in [0.2, 0.25) is 0 Å². The van der Waals surface area contributed by atoms with Crippen LogP contribution >= 0.6 is 0 Å². The highest BCUT2D eigenvalue weighted by Crippen LogP contribution is 2.13. The molecule has 0 saturated heterocycles. The number of hydrogen-bond acceptors (Lipinski definition) is 3. The second-order valence-corrected chi connectivity index (χ2v) is 3.65. The minimum absolute atomic E-state index is 0.164. The molecule has 0 aliphatic carbocycles. The number of carbonyl (C=O) groups is 2. The van der Waals surface area contributed by atoms with Crippen molar-refractivity contribution >= 4 is 30.9 Å². The number of carbonyl (C=O) groups excluding carboxylic acids is 2. The monoisotopic (exact) mass is 219 g/mol. The molecule has 0 aliphatic heterocycles. The Morgan fingerprint density at radius 1 is 1.38 bits per heavy atom. The van der Waals surface area contributed by atoms with Gasteiger partial charge in [0.15, 0.2) is 0 Å². The number of methoxy groups -OCH3 is 1. The van der Waals surface area contributed by atoms with Gasteiger partial charge >= 0.3 is 5.97 Å². The molecular weight excluding hydrogens is 205 g/mol. The first-order valence-electron chi connectivity index (χ1n) is 4.93. The molecule has 0 aliphatic rings. The van der Waals surface area contributed by atoms with Gasteiger partial charge in [-0.25, -0.2) is 4.79 Å². The van der Waals surface area contributed by atoms with Crippen molar-refractivity contribution in [2.75, 3.05) is 12.4 Å². The van der Waals surface area contributed by atoms with Crippen molar-refractivity contribution in [2.45, 2.75) is 13.8 Å². The fraction of sp³-hybridized carbons (Fsp3) is 0.273. The van der Waals surface area contributed by atoms with Gasteiger partial charge in [0.05, 0.1) is 12.7 Å². The van der Waals surface area contributed by atoms with Gasteiger partial charge in [0.2, 0.25) is 5.91 Å². The number of amides is 1. The van der Waals surface area contributed by atoms with E-state index in [-0.39, 0.29) is 5.91 Å². The van der Waals surface area contributed by atoms with E-state index in [1.165, 1.54) is 14.0 Å². The summed E-state index contributed by atoms with van der Waals surface area (Å²) in [7, 11) is 3.21. The molecule has 1 aromatic carbocycles. The molecule has 0 fully saturated rings. The SMILES string of the molecule is Bc1cc(C)c(C(=O)OC)cc1NC(C)=O. The first-order chi connectivity index (χ1) is 7.45. The van der Waals surface area contributed by atoms with Gasteiger partial charge in [-0.3, -0.25) is 4.79 Å². The molecule has 0 unspecified atom stereocenters. The van der Waals surface area contributed by atoms with Crippen molar-refractivity contribution in [1.29, 1.82) is 0 Å². The maximum Gasteiger partial charge on any atom is 0.338 e. The molecule has 0 heterocycles. The number of anilines is 1. The van der Waals surface area contributed by atoms with E-state index in [0.29, 0.717) is 11.3 Å². The van der Waals surface area contributed by atoms with Crippen LogP contribution in [0.1, 0.15) is 22.8 Å². The first kappa shape index (κ1) is 12.3. The quantitative estimate of drug-likeness (QED) is 0.562. The largest absolute Gasteiger partial charge is 0.465 e. The topological polar surface area (TPSA) is 55.4 Å². The molecule has 0 spiro atoms. The van der Waals surface area contributed by atoms with E-state index in [2.05, 4.69) is 10.1 Å². The molecule has 1 rings (SSSR count). The highest BCUT2D eigenvalue weighted by molar-refractivity contribution is 6.36. The van der Waals surface area contributed by atoms with Crippen molar-refractivity contribution in [2.24, 2.45) is 0 Å². The zero-order valence-electron chi connectivity index (χ0n) is 9.88. The number of rotatable bonds is 2. The smallest absolute Gasteiger partial charge is 0.338 e. The number of aryl methyl sites for hydroxylation is 1. The molecule has 1 aromatic rings. The fourth-order valence-electron chi connectivity index (χ4n) is 1.51. The number of ether oxygens (including phenoxy) is 1. The molecule has 16 heavy (non-hydrogen) atoms. The standard InChI is InChI=1S/C11H14BNO3/c1-6-4-9(12)10(13-7(2)14)5-8(6)11(15)16-3/h4-5H,12H2,1-3H3,(H,13,14). The van der Waals surface area contributed by atoms with Crippen molar-refractivity contribution in [3.8, 4) is 0 Å². The number of benzene rings is 1. The van der Waals surface area contributed by atoms with E-state index in [0.717, 1.165) is 11.0 Å². The Labute approximate surface area is 95.4 Å². The Hall–Kier alpha value is -1.78. The normalized spacial score (nSPS) is 9.69. The maximum absolute atomic E-state index is 11.4. The molecule has 0 atom stereocenters. The molecule has 5 heteroatoms. The van der Waals surface area contributed by atoms with Gasteiger partial charge in [-0.15, -0.1) is 0 Å². The minimum atomic E-state index is -0.399. The van der Waals surface area contributed by atoms with Gasteiger partial charge in [0, 0.05) is 12.6 Å². The van der Waals surface area contributed by atoms with Gasteiger partial charge in [0.1, 0.15) is 7.85 Å². The Morgan fingerprint density at radius 2 is 2.00 bits per heavy atom. The van der Waals surface area contributed by atoms with Crippen molar-refractivity contribution in [3.63, 3.8) is 0 Å². The van der Waals surface area contributed by atoms with E-state index in [1.54, 1.807) is 6.07 Å². The molecule has 0 radical (unpaired) electrons. The highest BCUT2D eigenvalue weighted by Gasteiger charge is 2.12. The van der Waals surface area contributed by atoms with E-state index in [9.17, 15) is 9.59 Å². The lowest BCUT2D eigenvalue weighted by atomic mass is 9.90. The first-order valence-corrected chi connectivity index (χ1v) is 4.93. The van der Waals surface area contributed by atoms with E-state index < -0.39 is 5.97 Å². The second kappa shape index (κ2) is 4.83. The lowest BCUT2D eigenvalue weighted by Gasteiger charge is -2.11. The fourth-order valence-corrected chi connectivity index (χ4v) is 1.51. The van der Waals surface area contributed by atoms with Crippen LogP contribution in [0.3, 0.4) is 0 Å². The molecule has 1 N–H and O–H groups in total. The van der Waals surface area contributed by atoms with Crippen molar-refractivity contribution < 1.29 is 14.3 Å². The maximum atomic E-state index is 11.4. The second-order valence-electron chi connectivity index (χ2n) is 3.65. The zero-order chi connectivity index (χ0) is 12.3. The van der Waals surface area contributed by atoms with Gasteiger partial charge in [-0.05, 0) is 18.6 Å². The van der Waals surface area contributed by atoms with Crippen LogP contribution in [0, 0.1) is 6.92 Å². The van der Waals surface area contributed by atoms with Gasteiger partial charge < -0.3 is 10.1 Å². The molecule has 1 amide bonds. The lowest BCUT2D eigenvalue weighted by molar-refractivity contribution is -0.114. The predicted octanol–water partition coefficient (Wildman–Crippen LogP) is -0.00158. The summed E-state index contributed by atoms with van der Waals surface area (Å²) >= 11 is 0. The molecule has 0 saturated carbocycles. The van der Waals surface area contributed by atoms with E-state index in [1.807, 2.05) is 20.8 Å². The van der Waals surface area contributed by atoms with Crippen molar-refractivity contribution in [3.05, 3.63) is 23.3 Å². The Kier molecular flexibility index (Phi) is 3.71. The van der Waals surface area contributed by atoms with Crippen LogP contribution in [0.4, 0.5) is 5.69 Å². The average molecular weight is 219 g/mol. The number of esters is 1. The molecule has 4 nitrogen and oxygen atoms in total. The summed E-state index contributed by atoms with van der Waals surface area (Å²) in [6, 6.07) is 3.48. The molecule has 0 aromatic heterocycles. The van der Waals surface area contributed by atoms with Crippen LogP contribution in [0.25, 0.3) is 0 Å². The Bertz CT molecular complexity index is 443. The third kappa shape index (κ3) is 2.62. The summed E-state index contributed by atoms with van der Waals surface area (Å²) in [5.74, 6) is -0.563. The van der Waals surface area contributed by atoms with Gasteiger partial charge in [-0.1, -0.05) is 11.5 Å². The summed E-state index contributed by atoms with van der Waals surface area (Å²) in [6.07, 6.45) is 0. The van der Waals surface area contributed by atoms with Crippen LogP contribution in [0.15, 0.2) is 12.1 Å². The van der Waals surface area contributed by atoms with Crippen LogP contribution in [-0.4, -0.2) is 26.8 Å². The zero-order valence-corrected chi connectivity index (χ0v) is 9.88. The third-order valence-electron chi connectivity index (χ3n) is 2.29. The van der Waals surface area contributed by atoms with Crippen molar-refractivity contribution in [1.82, 2.24) is 0 Å². The molecular formula is C11H14BNO3. The summed E-state index contributed by atoms with van der Waals surface area (Å²) in [5, 5.41) is 2.67. The lowest BCUT2D eigenvalue weighted by Crippen LogP contribution is -2.18. The van der Waals surface area contributed by atoms with Gasteiger partial charge in [0.25, 0.3) is 0 Å². The summed E-state index contributed by atoms with van der Waals surface area (Å²) in [6.45, 7) is 3.26. The minimum Gasteiger partial charge on any atom is -0.465 e. The average Bonchev–Trinajstić information content (AvgIpc) is 2.20. The summed E-state index contributed by atoms with van der Waals surface area (Å²) < 4.78 is 4.67. The van der Waals surface area contributed by atoms with E-state index >= 15 is 0 Å². The summed E-state index contributed by atoms with van der Waals surface area (Å²) in [4.78, 5) is 22.4. The van der Waals surface area contributed by atoms with E-state index in [4.69, 9.17) is 0 Å². The number of hydrogen-bond donors (Lipinski definition) is 1.